The van der Waals surface area contributed by atoms with Gasteiger partial charge >= 0.3 is 0 Å². The van der Waals surface area contributed by atoms with Gasteiger partial charge in [-0.3, -0.25) is 4.79 Å². The van der Waals surface area contributed by atoms with Gasteiger partial charge in [0.15, 0.2) is 0 Å². The van der Waals surface area contributed by atoms with E-state index < -0.39 is 10.0 Å². The lowest BCUT2D eigenvalue weighted by molar-refractivity contribution is 0.0695. The van der Waals surface area contributed by atoms with Crippen molar-refractivity contribution in [3.8, 4) is 0 Å². The Labute approximate surface area is 171 Å². The fraction of sp³-hybridized carbons (Fsp3) is 0.524. The van der Waals surface area contributed by atoms with Crippen LogP contribution in [0.5, 0.6) is 0 Å². The minimum Gasteiger partial charge on any atom is -0.361 e. The number of rotatable bonds is 4. The van der Waals surface area contributed by atoms with E-state index in [0.29, 0.717) is 41.4 Å². The van der Waals surface area contributed by atoms with E-state index >= 15 is 0 Å². The van der Waals surface area contributed by atoms with Gasteiger partial charge in [0.25, 0.3) is 5.91 Å². The molecule has 1 aliphatic carbocycles. The molecule has 0 atom stereocenters. The van der Waals surface area contributed by atoms with E-state index in [2.05, 4.69) is 5.16 Å². The second-order valence-electron chi connectivity index (χ2n) is 7.75. The lowest BCUT2D eigenvalue weighted by atomic mass is 9.92. The topological polar surface area (TPSA) is 83.7 Å². The number of benzene rings is 1. The summed E-state index contributed by atoms with van der Waals surface area (Å²) in [5, 5.41) is 3.95. The van der Waals surface area contributed by atoms with Crippen molar-refractivity contribution in [1.82, 2.24) is 14.4 Å². The maximum absolute atomic E-state index is 13.1. The van der Waals surface area contributed by atoms with Crippen molar-refractivity contribution in [3.05, 3.63) is 46.3 Å². The zero-order valence-electron chi connectivity index (χ0n) is 17.0. The van der Waals surface area contributed by atoms with E-state index in [1.54, 1.807) is 17.9 Å². The molecule has 0 saturated carbocycles. The van der Waals surface area contributed by atoms with Crippen molar-refractivity contribution in [1.29, 1.82) is 0 Å². The Morgan fingerprint density at radius 3 is 2.48 bits per heavy atom. The van der Waals surface area contributed by atoms with Crippen LogP contribution in [0.25, 0.3) is 0 Å². The Morgan fingerprint density at radius 1 is 1.10 bits per heavy atom. The van der Waals surface area contributed by atoms with Crippen molar-refractivity contribution in [2.75, 3.05) is 26.2 Å². The first kappa shape index (κ1) is 20.1. The fourth-order valence-corrected chi connectivity index (χ4v) is 5.72. The van der Waals surface area contributed by atoms with Crippen LogP contribution in [0.4, 0.5) is 0 Å². The largest absolute Gasteiger partial charge is 0.361 e. The molecule has 2 aliphatic rings. The molecular formula is C21H27N3O4S. The Morgan fingerprint density at radius 2 is 1.79 bits per heavy atom. The van der Waals surface area contributed by atoms with Crippen LogP contribution < -0.4 is 0 Å². The lowest BCUT2D eigenvalue weighted by Gasteiger charge is -2.34. The summed E-state index contributed by atoms with van der Waals surface area (Å²) >= 11 is 0. The summed E-state index contributed by atoms with van der Waals surface area (Å²) in [7, 11) is -3.55. The van der Waals surface area contributed by atoms with E-state index in [4.69, 9.17) is 4.52 Å². The molecule has 1 aliphatic heterocycles. The molecule has 0 radical (unpaired) electrons. The highest BCUT2D eigenvalue weighted by Crippen LogP contribution is 2.26. The zero-order valence-corrected chi connectivity index (χ0v) is 17.8. The van der Waals surface area contributed by atoms with Crippen LogP contribution in [0.1, 0.15) is 52.7 Å². The highest BCUT2D eigenvalue weighted by molar-refractivity contribution is 7.89. The summed E-state index contributed by atoms with van der Waals surface area (Å²) in [4.78, 5) is 15.0. The van der Waals surface area contributed by atoms with Crippen molar-refractivity contribution in [2.45, 2.75) is 50.8 Å². The van der Waals surface area contributed by atoms with E-state index in [0.717, 1.165) is 24.8 Å². The third kappa shape index (κ3) is 3.71. The van der Waals surface area contributed by atoms with Crippen LogP contribution in [-0.2, 0) is 29.3 Å². The van der Waals surface area contributed by atoms with Crippen molar-refractivity contribution in [2.24, 2.45) is 0 Å². The van der Waals surface area contributed by atoms with Gasteiger partial charge in [0.1, 0.15) is 11.3 Å². The Hall–Kier alpha value is -2.19. The van der Waals surface area contributed by atoms with Crippen molar-refractivity contribution in [3.63, 3.8) is 0 Å². The standard InChI is InChI=1S/C21H27N3O4S/c1-3-19-20(15(2)28-22-19)21(25)23-10-12-24(13-11-23)29(26,27)18-9-8-16-6-4-5-7-17(16)14-18/h8-9,14H,3-7,10-13H2,1-2H3. The SMILES string of the molecule is CCc1noc(C)c1C(=O)N1CCN(S(=O)(=O)c2ccc3c(c2)CCCC3)CC1. The maximum atomic E-state index is 13.1. The summed E-state index contributed by atoms with van der Waals surface area (Å²) in [5.41, 5.74) is 3.58. The molecule has 0 N–H and O–H groups in total. The third-order valence-corrected chi connectivity index (χ3v) is 7.86. The molecule has 2 heterocycles. The number of hydrogen-bond donors (Lipinski definition) is 0. The monoisotopic (exact) mass is 417 g/mol. The molecule has 0 unspecified atom stereocenters. The van der Waals surface area contributed by atoms with Gasteiger partial charge in [-0.2, -0.15) is 4.31 Å². The second-order valence-corrected chi connectivity index (χ2v) is 9.69. The normalized spacial score (nSPS) is 17.9. The molecule has 0 spiro atoms. The van der Waals surface area contributed by atoms with Gasteiger partial charge in [0, 0.05) is 26.2 Å². The van der Waals surface area contributed by atoms with Gasteiger partial charge in [0.05, 0.1) is 10.6 Å². The second kappa shape index (κ2) is 7.91. The van der Waals surface area contributed by atoms with Gasteiger partial charge in [-0.15, -0.1) is 0 Å². The van der Waals surface area contributed by atoms with E-state index in [-0.39, 0.29) is 19.0 Å². The van der Waals surface area contributed by atoms with Crippen molar-refractivity contribution < 1.29 is 17.7 Å². The highest BCUT2D eigenvalue weighted by Gasteiger charge is 2.32. The number of carbonyl (C=O) groups excluding carboxylic acids is 1. The lowest BCUT2D eigenvalue weighted by Crippen LogP contribution is -2.50. The number of carbonyl (C=O) groups is 1. The summed E-state index contributed by atoms with van der Waals surface area (Å²) in [6, 6.07) is 5.53. The fourth-order valence-electron chi connectivity index (χ4n) is 4.24. The molecule has 1 fully saturated rings. The number of sulfonamides is 1. The van der Waals surface area contributed by atoms with Crippen LogP contribution in [0.2, 0.25) is 0 Å². The number of aryl methyl sites for hydroxylation is 4. The van der Waals surface area contributed by atoms with E-state index in [1.165, 1.54) is 16.3 Å². The Bertz CT molecular complexity index is 1020. The Balaban J connectivity index is 1.47. The number of hydrogen-bond acceptors (Lipinski definition) is 5. The molecular weight excluding hydrogens is 390 g/mol. The van der Waals surface area contributed by atoms with Crippen LogP contribution in [-0.4, -0.2) is 54.9 Å². The van der Waals surface area contributed by atoms with Gasteiger partial charge in [-0.1, -0.05) is 18.1 Å². The number of aromatic nitrogens is 1. The minimum atomic E-state index is -3.55. The first-order valence-corrected chi connectivity index (χ1v) is 11.7. The highest BCUT2D eigenvalue weighted by atomic mass is 32.2. The molecule has 7 nitrogen and oxygen atoms in total. The summed E-state index contributed by atoms with van der Waals surface area (Å²) in [6.07, 6.45) is 4.86. The number of fused-ring (bicyclic) bond motifs is 1. The predicted octanol–water partition coefficient (Wildman–Crippen LogP) is 2.57. The smallest absolute Gasteiger partial charge is 0.259 e. The minimum absolute atomic E-state index is 0.133. The molecule has 0 bridgehead atoms. The molecule has 1 saturated heterocycles. The van der Waals surface area contributed by atoms with Crippen LogP contribution in [0.15, 0.2) is 27.6 Å². The molecule has 4 rings (SSSR count). The van der Waals surface area contributed by atoms with Gasteiger partial charge < -0.3 is 9.42 Å². The van der Waals surface area contributed by atoms with Gasteiger partial charge in [0.2, 0.25) is 10.0 Å². The van der Waals surface area contributed by atoms with Gasteiger partial charge in [-0.25, -0.2) is 8.42 Å². The molecule has 29 heavy (non-hydrogen) atoms. The molecule has 2 aromatic rings. The summed E-state index contributed by atoms with van der Waals surface area (Å²) < 4.78 is 32.9. The number of amides is 1. The van der Waals surface area contributed by atoms with E-state index in [9.17, 15) is 13.2 Å². The van der Waals surface area contributed by atoms with E-state index in [1.807, 2.05) is 19.1 Å². The zero-order chi connectivity index (χ0) is 20.6. The van der Waals surface area contributed by atoms with Crippen molar-refractivity contribution >= 4 is 15.9 Å². The third-order valence-electron chi connectivity index (χ3n) is 5.97. The molecule has 1 aromatic heterocycles. The number of piperazine rings is 1. The first-order chi connectivity index (χ1) is 13.9. The summed E-state index contributed by atoms with van der Waals surface area (Å²) in [5.74, 6) is 0.377. The molecule has 1 aromatic carbocycles. The van der Waals surface area contributed by atoms with Crippen LogP contribution >= 0.6 is 0 Å². The average molecular weight is 418 g/mol. The Kier molecular flexibility index (Phi) is 5.48. The van der Waals surface area contributed by atoms with Crippen LogP contribution in [0, 0.1) is 6.92 Å². The number of nitrogens with zero attached hydrogens (tertiary/aromatic N) is 3. The maximum Gasteiger partial charge on any atom is 0.259 e. The predicted molar refractivity (Wildman–Crippen MR) is 108 cm³/mol. The van der Waals surface area contributed by atoms with Gasteiger partial charge in [-0.05, 0) is 62.3 Å². The average Bonchev–Trinajstić information content (AvgIpc) is 3.13. The summed E-state index contributed by atoms with van der Waals surface area (Å²) in [6.45, 7) is 4.95. The molecule has 8 heteroatoms. The van der Waals surface area contributed by atoms with Crippen LogP contribution in [0.3, 0.4) is 0 Å². The quantitative estimate of drug-likeness (QED) is 0.763. The molecule has 156 valence electrons. The first-order valence-electron chi connectivity index (χ1n) is 10.3. The molecule has 1 amide bonds.